The van der Waals surface area contributed by atoms with E-state index in [0.717, 1.165) is 32.5 Å². The molecule has 41 heavy (non-hydrogen) atoms. The Kier molecular flexibility index (Phi) is 7.76. The van der Waals surface area contributed by atoms with E-state index >= 15 is 0 Å². The van der Waals surface area contributed by atoms with E-state index in [0.29, 0.717) is 36.4 Å². The summed E-state index contributed by atoms with van der Waals surface area (Å²) in [4.78, 5) is 15.6. The van der Waals surface area contributed by atoms with Crippen molar-refractivity contribution in [1.29, 1.82) is 5.26 Å². The third-order valence-corrected chi connectivity index (χ3v) is 8.58. The Morgan fingerprint density at radius 1 is 1.15 bits per heavy atom. The average Bonchev–Trinajstić information content (AvgIpc) is 2.90. The van der Waals surface area contributed by atoms with Crippen molar-refractivity contribution >= 4 is 39.0 Å². The number of anilines is 1. The van der Waals surface area contributed by atoms with Crippen LogP contribution < -0.4 is 15.4 Å². The first-order valence-electron chi connectivity index (χ1n) is 13.3. The number of allylic oxidation sites excluding steroid dienone is 3. The van der Waals surface area contributed by atoms with E-state index in [2.05, 4.69) is 28.1 Å². The highest BCUT2D eigenvalue weighted by Gasteiger charge is 2.45. The number of rotatable bonds is 5. The smallest absolute Gasteiger partial charge is 0.162 e. The molecule has 2 aliphatic rings. The summed E-state index contributed by atoms with van der Waals surface area (Å²) in [5.74, 6) is -0.294. The number of nitrogens with two attached hydrogens (primary N) is 1. The molecule has 0 bridgehead atoms. The number of nitriles is 1. The van der Waals surface area contributed by atoms with Crippen LogP contribution in [0.2, 0.25) is 5.02 Å². The maximum Gasteiger partial charge on any atom is 0.162 e. The fraction of sp³-hybridized carbons (Fsp3) is 0.273. The molecular weight excluding hydrogens is 605 g/mol. The van der Waals surface area contributed by atoms with Gasteiger partial charge in [-0.05, 0) is 84.8 Å². The van der Waals surface area contributed by atoms with Crippen LogP contribution in [0.1, 0.15) is 54.9 Å². The fourth-order valence-corrected chi connectivity index (χ4v) is 6.28. The molecule has 1 aliphatic carbocycles. The first kappa shape index (κ1) is 28.9. The summed E-state index contributed by atoms with van der Waals surface area (Å²) in [5, 5.41) is 10.4. The zero-order chi connectivity index (χ0) is 29.6. The number of halogens is 3. The molecule has 3 aromatic carbocycles. The van der Waals surface area contributed by atoms with Crippen LogP contribution >= 0.6 is 27.5 Å². The van der Waals surface area contributed by atoms with Crippen molar-refractivity contribution in [3.8, 4) is 11.8 Å². The molecule has 0 aromatic heterocycles. The Morgan fingerprint density at radius 2 is 1.85 bits per heavy atom. The van der Waals surface area contributed by atoms with E-state index in [-0.39, 0.29) is 27.6 Å². The van der Waals surface area contributed by atoms with Crippen molar-refractivity contribution in [2.24, 2.45) is 11.1 Å². The Balaban J connectivity index is 1.67. The Labute approximate surface area is 253 Å². The second-order valence-electron chi connectivity index (χ2n) is 11.5. The number of ketones is 1. The van der Waals surface area contributed by atoms with Crippen LogP contribution in [0.4, 0.5) is 10.1 Å². The van der Waals surface area contributed by atoms with Crippen molar-refractivity contribution in [3.05, 3.63) is 115 Å². The van der Waals surface area contributed by atoms with Crippen molar-refractivity contribution in [2.45, 2.75) is 53.1 Å². The predicted molar refractivity (Wildman–Crippen MR) is 163 cm³/mol. The molecule has 0 saturated carbocycles. The highest BCUT2D eigenvalue weighted by molar-refractivity contribution is 9.10. The van der Waals surface area contributed by atoms with Gasteiger partial charge < -0.3 is 10.5 Å². The van der Waals surface area contributed by atoms with Crippen LogP contribution in [0.3, 0.4) is 0 Å². The number of hydrogen-bond donors (Lipinski definition) is 1. The topological polar surface area (TPSA) is 79.3 Å². The number of aryl methyl sites for hydroxylation is 1. The maximum absolute atomic E-state index is 14.1. The van der Waals surface area contributed by atoms with Gasteiger partial charge in [0, 0.05) is 27.9 Å². The lowest BCUT2D eigenvalue weighted by atomic mass is 9.68. The summed E-state index contributed by atoms with van der Waals surface area (Å²) in [6, 6.07) is 18.3. The lowest BCUT2D eigenvalue weighted by Crippen LogP contribution is -2.42. The third kappa shape index (κ3) is 5.51. The number of benzene rings is 3. The Morgan fingerprint density at radius 3 is 2.51 bits per heavy atom. The lowest BCUT2D eigenvalue weighted by molar-refractivity contribution is -0.118. The summed E-state index contributed by atoms with van der Waals surface area (Å²) < 4.78 is 21.2. The highest BCUT2D eigenvalue weighted by atomic mass is 79.9. The van der Waals surface area contributed by atoms with Gasteiger partial charge >= 0.3 is 0 Å². The van der Waals surface area contributed by atoms with Crippen LogP contribution in [0.5, 0.6) is 5.75 Å². The summed E-state index contributed by atoms with van der Waals surface area (Å²) in [7, 11) is 0. The SMILES string of the molecule is Cc1cc(COc2ccc(Br)cc2)c(C)c(C2C(C#N)=C(N)N(c3ccc(F)c(Cl)c3)C3=C2C(=O)CC(C)(C)C3)c1. The maximum atomic E-state index is 14.1. The van der Waals surface area contributed by atoms with Gasteiger partial charge in [-0.15, -0.1) is 0 Å². The molecule has 0 radical (unpaired) electrons. The molecule has 0 saturated heterocycles. The normalized spacial score (nSPS) is 18.3. The van der Waals surface area contributed by atoms with E-state index < -0.39 is 11.7 Å². The van der Waals surface area contributed by atoms with Gasteiger partial charge in [-0.25, -0.2) is 4.39 Å². The zero-order valence-electron chi connectivity index (χ0n) is 23.3. The average molecular weight is 635 g/mol. The second kappa shape index (κ2) is 11.0. The van der Waals surface area contributed by atoms with Gasteiger partial charge in [0.15, 0.2) is 5.78 Å². The molecule has 3 aromatic rings. The molecule has 1 unspecified atom stereocenters. The number of ether oxygens (including phenoxy) is 1. The van der Waals surface area contributed by atoms with Crippen LogP contribution in [-0.2, 0) is 11.4 Å². The van der Waals surface area contributed by atoms with Gasteiger partial charge in [0.2, 0.25) is 0 Å². The molecule has 2 N–H and O–H groups in total. The minimum absolute atomic E-state index is 0.0340. The largest absolute Gasteiger partial charge is 0.489 e. The fourth-order valence-electron chi connectivity index (χ4n) is 5.84. The summed E-state index contributed by atoms with van der Waals surface area (Å²) in [5.41, 5.74) is 12.2. The molecule has 1 heterocycles. The number of Topliss-reactive ketones (excluding diaryl/α,β-unsaturated/α-hetero) is 1. The lowest BCUT2D eigenvalue weighted by Gasteiger charge is -2.44. The van der Waals surface area contributed by atoms with E-state index in [9.17, 15) is 14.4 Å². The minimum Gasteiger partial charge on any atom is -0.489 e. The first-order valence-corrected chi connectivity index (χ1v) is 14.5. The first-order chi connectivity index (χ1) is 19.4. The molecule has 210 valence electrons. The molecule has 5 nitrogen and oxygen atoms in total. The summed E-state index contributed by atoms with van der Waals surface area (Å²) >= 11 is 9.60. The number of nitrogens with zero attached hydrogens (tertiary/aromatic N) is 2. The van der Waals surface area contributed by atoms with Crippen LogP contribution in [0, 0.1) is 36.4 Å². The van der Waals surface area contributed by atoms with Gasteiger partial charge in [-0.1, -0.05) is 59.1 Å². The van der Waals surface area contributed by atoms with Gasteiger partial charge in [-0.2, -0.15) is 5.26 Å². The van der Waals surface area contributed by atoms with Gasteiger partial charge in [-0.3, -0.25) is 9.69 Å². The van der Waals surface area contributed by atoms with Crippen molar-refractivity contribution < 1.29 is 13.9 Å². The molecular formula is C33H30BrClFN3O2. The number of carbonyl (C=O) groups is 1. The van der Waals surface area contributed by atoms with E-state index in [4.69, 9.17) is 22.1 Å². The number of carbonyl (C=O) groups excluding carboxylic acids is 1. The van der Waals surface area contributed by atoms with Gasteiger partial charge in [0.25, 0.3) is 0 Å². The standard InChI is InChI=1S/C33H30BrClFN3O2/c1-18-11-20(17-41-23-8-5-21(34)6-9-23)19(2)24(12-18)30-25(16-37)32(38)39(22-7-10-27(36)26(35)13-22)28-14-33(3,4)15-29(40)31(28)30/h5-13,30H,14-15,17,38H2,1-4H3. The quantitative estimate of drug-likeness (QED) is 0.305. The van der Waals surface area contributed by atoms with Crippen LogP contribution in [0.25, 0.3) is 0 Å². The van der Waals surface area contributed by atoms with Crippen LogP contribution in [0.15, 0.2) is 81.7 Å². The molecule has 5 rings (SSSR count). The molecule has 1 atom stereocenters. The number of hydrogen-bond acceptors (Lipinski definition) is 5. The highest BCUT2D eigenvalue weighted by Crippen LogP contribution is 2.51. The molecule has 1 aliphatic heterocycles. The predicted octanol–water partition coefficient (Wildman–Crippen LogP) is 8.38. The van der Waals surface area contributed by atoms with Gasteiger partial charge in [0.1, 0.15) is 24.0 Å². The molecule has 8 heteroatoms. The Hall–Kier alpha value is -3.60. The van der Waals surface area contributed by atoms with Crippen molar-refractivity contribution in [1.82, 2.24) is 0 Å². The van der Waals surface area contributed by atoms with E-state index in [1.54, 1.807) is 11.0 Å². The monoisotopic (exact) mass is 633 g/mol. The van der Waals surface area contributed by atoms with Crippen LogP contribution in [-0.4, -0.2) is 5.78 Å². The molecule has 0 spiro atoms. The summed E-state index contributed by atoms with van der Waals surface area (Å²) in [6.07, 6.45) is 0.882. The third-order valence-electron chi connectivity index (χ3n) is 7.76. The van der Waals surface area contributed by atoms with Gasteiger partial charge in [0.05, 0.1) is 22.6 Å². The van der Waals surface area contributed by atoms with E-state index in [1.807, 2.05) is 58.0 Å². The molecule has 0 fully saturated rings. The zero-order valence-corrected chi connectivity index (χ0v) is 25.7. The van der Waals surface area contributed by atoms with Crippen molar-refractivity contribution in [2.75, 3.05) is 4.90 Å². The van der Waals surface area contributed by atoms with Crippen molar-refractivity contribution in [3.63, 3.8) is 0 Å². The second-order valence-corrected chi connectivity index (χ2v) is 12.8. The minimum atomic E-state index is -0.642. The molecule has 0 amide bonds. The van der Waals surface area contributed by atoms with E-state index in [1.165, 1.54) is 12.1 Å². The summed E-state index contributed by atoms with van der Waals surface area (Å²) in [6.45, 7) is 8.37. The Bertz CT molecular complexity index is 1670.